The number of H-pyrrole nitrogens is 1. The van der Waals surface area contributed by atoms with Gasteiger partial charge in [0.25, 0.3) is 5.91 Å². The van der Waals surface area contributed by atoms with Gasteiger partial charge >= 0.3 is 0 Å². The summed E-state index contributed by atoms with van der Waals surface area (Å²) in [7, 11) is 0. The maximum Gasteiger partial charge on any atom is 0.254 e. The lowest BCUT2D eigenvalue weighted by atomic mass is 9.87. The van der Waals surface area contributed by atoms with Crippen LogP contribution in [0.4, 0.5) is 4.39 Å². The molecule has 1 amide bonds. The molecule has 0 saturated carbocycles. The minimum absolute atomic E-state index is 0.0508. The van der Waals surface area contributed by atoms with Crippen molar-refractivity contribution < 1.29 is 14.3 Å². The van der Waals surface area contributed by atoms with Gasteiger partial charge in [-0.3, -0.25) is 4.79 Å². The van der Waals surface area contributed by atoms with Gasteiger partial charge in [0.2, 0.25) is 0 Å². The highest BCUT2D eigenvalue weighted by Crippen LogP contribution is 2.37. The van der Waals surface area contributed by atoms with E-state index in [0.717, 1.165) is 5.56 Å². The number of alkyl halides is 1. The quantitative estimate of drug-likeness (QED) is 0.634. The summed E-state index contributed by atoms with van der Waals surface area (Å²) in [6.07, 6.45) is 0.346. The molecule has 3 aromatic rings. The SMILES string of the molecule is Cc1ccc(C(=O)N2CC(F)(c3ccc(C#N)cc3)C2)cc1-c1nc(CCO)[nH]c1Cl. The zero-order valence-electron chi connectivity index (χ0n) is 16.8. The monoisotopic (exact) mass is 438 g/mol. The summed E-state index contributed by atoms with van der Waals surface area (Å²) in [5, 5.41) is 18.3. The number of amides is 1. The van der Waals surface area contributed by atoms with Crippen molar-refractivity contribution in [2.24, 2.45) is 0 Å². The number of imidazole rings is 1. The summed E-state index contributed by atoms with van der Waals surface area (Å²) in [5.74, 6) is 0.288. The van der Waals surface area contributed by atoms with Gasteiger partial charge in [0.05, 0.1) is 31.3 Å². The number of aliphatic hydroxyl groups is 1. The summed E-state index contributed by atoms with van der Waals surface area (Å²) in [6, 6.07) is 13.6. The molecule has 0 atom stereocenters. The molecule has 0 unspecified atom stereocenters. The number of nitriles is 1. The Balaban J connectivity index is 1.54. The van der Waals surface area contributed by atoms with Gasteiger partial charge in [-0.15, -0.1) is 0 Å². The lowest BCUT2D eigenvalue weighted by molar-refractivity contribution is -0.0231. The van der Waals surface area contributed by atoms with Crippen molar-refractivity contribution in [2.75, 3.05) is 19.7 Å². The van der Waals surface area contributed by atoms with Crippen LogP contribution in [0, 0.1) is 18.3 Å². The molecular formula is C23H20ClFN4O2. The molecule has 31 heavy (non-hydrogen) atoms. The van der Waals surface area contributed by atoms with Crippen molar-refractivity contribution in [1.29, 1.82) is 5.26 Å². The van der Waals surface area contributed by atoms with E-state index in [1.165, 1.54) is 4.90 Å². The highest BCUT2D eigenvalue weighted by molar-refractivity contribution is 6.32. The van der Waals surface area contributed by atoms with Gasteiger partial charge < -0.3 is 15.0 Å². The fourth-order valence-electron chi connectivity index (χ4n) is 3.72. The van der Waals surface area contributed by atoms with Crippen molar-refractivity contribution in [3.05, 3.63) is 75.7 Å². The number of aromatic nitrogens is 2. The second-order valence-electron chi connectivity index (χ2n) is 7.67. The second kappa shape index (κ2) is 8.14. The number of hydrogen-bond acceptors (Lipinski definition) is 4. The van der Waals surface area contributed by atoms with Crippen molar-refractivity contribution in [1.82, 2.24) is 14.9 Å². The molecule has 1 aliphatic rings. The number of nitrogens with zero attached hydrogens (tertiary/aromatic N) is 3. The number of nitrogens with one attached hydrogen (secondary N) is 1. The molecule has 1 saturated heterocycles. The summed E-state index contributed by atoms with van der Waals surface area (Å²) in [6.45, 7) is 1.73. The number of halogens is 2. The van der Waals surface area contributed by atoms with Crippen LogP contribution >= 0.6 is 11.6 Å². The number of aryl methyl sites for hydroxylation is 1. The first-order valence-electron chi connectivity index (χ1n) is 9.80. The number of rotatable bonds is 5. The van der Waals surface area contributed by atoms with E-state index in [1.54, 1.807) is 36.4 Å². The Kier molecular flexibility index (Phi) is 5.52. The third kappa shape index (κ3) is 3.92. The van der Waals surface area contributed by atoms with Crippen molar-refractivity contribution in [3.63, 3.8) is 0 Å². The van der Waals surface area contributed by atoms with Gasteiger partial charge in [-0.25, -0.2) is 9.37 Å². The molecule has 8 heteroatoms. The van der Waals surface area contributed by atoms with Crippen LogP contribution in [0.25, 0.3) is 11.3 Å². The number of carbonyl (C=O) groups excluding carboxylic acids is 1. The van der Waals surface area contributed by atoms with E-state index >= 15 is 4.39 Å². The first-order valence-corrected chi connectivity index (χ1v) is 10.2. The van der Waals surface area contributed by atoms with Crippen LogP contribution in [-0.4, -0.2) is 45.6 Å². The Morgan fingerprint density at radius 2 is 2.03 bits per heavy atom. The Bertz CT molecular complexity index is 1180. The lowest BCUT2D eigenvalue weighted by Gasteiger charge is -2.44. The maximum atomic E-state index is 15.2. The fraction of sp³-hybridized carbons (Fsp3) is 0.261. The zero-order chi connectivity index (χ0) is 22.2. The lowest BCUT2D eigenvalue weighted by Crippen LogP contribution is -2.58. The minimum Gasteiger partial charge on any atom is -0.396 e. The number of carbonyl (C=O) groups is 1. The van der Waals surface area contributed by atoms with Crippen LogP contribution in [0.1, 0.15) is 32.9 Å². The molecule has 0 aliphatic carbocycles. The van der Waals surface area contributed by atoms with E-state index in [-0.39, 0.29) is 25.6 Å². The van der Waals surface area contributed by atoms with Crippen LogP contribution in [0.15, 0.2) is 42.5 Å². The van der Waals surface area contributed by atoms with Gasteiger partial charge in [0, 0.05) is 17.5 Å². The summed E-state index contributed by atoms with van der Waals surface area (Å²) in [4.78, 5) is 21.8. The first-order chi connectivity index (χ1) is 14.8. The van der Waals surface area contributed by atoms with Gasteiger partial charge in [-0.2, -0.15) is 5.26 Å². The largest absolute Gasteiger partial charge is 0.396 e. The third-order valence-corrected chi connectivity index (χ3v) is 5.77. The predicted molar refractivity (Wildman–Crippen MR) is 114 cm³/mol. The Hall–Kier alpha value is -3.21. The molecular weight excluding hydrogens is 419 g/mol. The van der Waals surface area contributed by atoms with Gasteiger partial charge in [-0.05, 0) is 42.3 Å². The Labute approximate surface area is 183 Å². The van der Waals surface area contributed by atoms with Crippen LogP contribution in [0.3, 0.4) is 0 Å². The van der Waals surface area contributed by atoms with Gasteiger partial charge in [-0.1, -0.05) is 29.8 Å². The minimum atomic E-state index is -1.62. The normalized spacial score (nSPS) is 14.7. The molecule has 1 aromatic heterocycles. The summed E-state index contributed by atoms with van der Waals surface area (Å²) < 4.78 is 15.2. The molecule has 4 rings (SSSR count). The number of aliphatic hydroxyl groups excluding tert-OH is 1. The standard InChI is InChI=1S/C23H20ClFN4O2/c1-14-2-5-16(10-18(14)20-21(24)28-19(27-20)8-9-30)22(31)29-12-23(25,13-29)17-6-3-15(11-26)4-7-17/h2-7,10,30H,8-9,12-13H2,1H3,(H,27,28). The maximum absolute atomic E-state index is 15.2. The predicted octanol–water partition coefficient (Wildman–Crippen LogP) is 3.77. The molecule has 0 bridgehead atoms. The van der Waals surface area contributed by atoms with Crippen LogP contribution in [-0.2, 0) is 12.1 Å². The molecule has 6 nitrogen and oxygen atoms in total. The summed E-state index contributed by atoms with van der Waals surface area (Å²) >= 11 is 6.28. The topological polar surface area (TPSA) is 93.0 Å². The molecule has 2 heterocycles. The van der Waals surface area contributed by atoms with E-state index in [2.05, 4.69) is 9.97 Å². The Morgan fingerprint density at radius 1 is 1.32 bits per heavy atom. The molecule has 0 radical (unpaired) electrons. The molecule has 2 aromatic carbocycles. The molecule has 1 aliphatic heterocycles. The highest BCUT2D eigenvalue weighted by atomic mass is 35.5. The van der Waals surface area contributed by atoms with Crippen molar-refractivity contribution in [2.45, 2.75) is 19.0 Å². The van der Waals surface area contributed by atoms with Gasteiger partial charge in [0.1, 0.15) is 16.7 Å². The van der Waals surface area contributed by atoms with E-state index in [9.17, 15) is 4.79 Å². The number of hydrogen-bond donors (Lipinski definition) is 2. The molecule has 0 spiro atoms. The Morgan fingerprint density at radius 3 is 2.68 bits per heavy atom. The molecule has 158 valence electrons. The van der Waals surface area contributed by atoms with E-state index in [0.29, 0.717) is 45.3 Å². The number of likely N-dealkylation sites (tertiary alicyclic amines) is 1. The number of benzene rings is 2. The number of aromatic amines is 1. The van der Waals surface area contributed by atoms with Gasteiger partial charge in [0.15, 0.2) is 5.67 Å². The van der Waals surface area contributed by atoms with E-state index < -0.39 is 5.67 Å². The van der Waals surface area contributed by atoms with Crippen LogP contribution < -0.4 is 0 Å². The van der Waals surface area contributed by atoms with E-state index in [1.807, 2.05) is 19.1 Å². The molecule has 1 fully saturated rings. The van der Waals surface area contributed by atoms with Crippen LogP contribution in [0.5, 0.6) is 0 Å². The second-order valence-corrected chi connectivity index (χ2v) is 8.04. The van der Waals surface area contributed by atoms with Crippen molar-refractivity contribution >= 4 is 17.5 Å². The highest BCUT2D eigenvalue weighted by Gasteiger charge is 2.47. The van der Waals surface area contributed by atoms with E-state index in [4.69, 9.17) is 22.0 Å². The smallest absolute Gasteiger partial charge is 0.254 e. The summed E-state index contributed by atoms with van der Waals surface area (Å²) in [5.41, 5.74) is 1.83. The van der Waals surface area contributed by atoms with Crippen molar-refractivity contribution in [3.8, 4) is 17.3 Å². The average Bonchev–Trinajstić information content (AvgIpc) is 3.11. The zero-order valence-corrected chi connectivity index (χ0v) is 17.6. The van der Waals surface area contributed by atoms with Crippen LogP contribution in [0.2, 0.25) is 5.15 Å². The fourth-order valence-corrected chi connectivity index (χ4v) is 3.97. The first kappa shape index (κ1) is 21.0. The molecule has 2 N–H and O–H groups in total. The average molecular weight is 439 g/mol. The third-order valence-electron chi connectivity index (χ3n) is 5.50.